The van der Waals surface area contributed by atoms with Crippen molar-refractivity contribution in [3.63, 3.8) is 0 Å². The number of benzene rings is 1. The van der Waals surface area contributed by atoms with E-state index in [9.17, 15) is 4.39 Å². The van der Waals surface area contributed by atoms with Crippen LogP contribution in [0.25, 0.3) is 0 Å². The van der Waals surface area contributed by atoms with Crippen LogP contribution in [0.2, 0.25) is 0 Å². The van der Waals surface area contributed by atoms with Crippen molar-refractivity contribution in [2.45, 2.75) is 26.9 Å². The van der Waals surface area contributed by atoms with Crippen LogP contribution in [0.4, 0.5) is 4.39 Å². The summed E-state index contributed by atoms with van der Waals surface area (Å²) in [6, 6.07) is 4.88. The monoisotopic (exact) mass is 512 g/mol. The Kier molecular flexibility index (Phi) is 8.41. The van der Waals surface area contributed by atoms with Crippen molar-refractivity contribution >= 4 is 57.2 Å². The highest BCUT2D eigenvalue weighted by Gasteiger charge is 2.07. The molecule has 0 amide bonds. The fraction of sp³-hybridized carbons (Fsp3) is 0.333. The molecule has 4 nitrogen and oxygen atoms in total. The number of aryl methyl sites for hydroxylation is 2. The molecule has 23 heavy (non-hydrogen) atoms. The zero-order chi connectivity index (χ0) is 16.1. The summed E-state index contributed by atoms with van der Waals surface area (Å²) in [4.78, 5) is 9.72. The second-order valence-corrected chi connectivity index (χ2v) is 6.96. The Morgan fingerprint density at radius 2 is 2.00 bits per heavy atom. The minimum atomic E-state index is -0.236. The van der Waals surface area contributed by atoms with Crippen molar-refractivity contribution in [3.05, 3.63) is 49.6 Å². The van der Waals surface area contributed by atoms with E-state index in [2.05, 4.69) is 36.5 Å². The van der Waals surface area contributed by atoms with Crippen LogP contribution in [-0.4, -0.2) is 18.0 Å². The first-order valence-electron chi connectivity index (χ1n) is 6.81. The van der Waals surface area contributed by atoms with Gasteiger partial charge in [-0.25, -0.2) is 9.37 Å². The largest absolute Gasteiger partial charge is 0.352 e. The van der Waals surface area contributed by atoms with Gasteiger partial charge in [0.15, 0.2) is 5.96 Å². The SMILES string of the molecule is CN=C(NCc1cc(Br)ccc1F)NCc1sc(C)nc1C.I. The van der Waals surface area contributed by atoms with Gasteiger partial charge in [-0.1, -0.05) is 15.9 Å². The highest BCUT2D eigenvalue weighted by molar-refractivity contribution is 14.0. The molecule has 0 spiro atoms. The van der Waals surface area contributed by atoms with Crippen LogP contribution in [0.5, 0.6) is 0 Å². The lowest BCUT2D eigenvalue weighted by Gasteiger charge is -2.12. The predicted octanol–water partition coefficient (Wildman–Crippen LogP) is 4.14. The molecule has 126 valence electrons. The highest BCUT2D eigenvalue weighted by atomic mass is 127. The number of hydrogen-bond acceptors (Lipinski definition) is 3. The first-order valence-corrected chi connectivity index (χ1v) is 8.42. The molecule has 1 aromatic heterocycles. The molecule has 0 unspecified atom stereocenters. The molecule has 0 aliphatic carbocycles. The van der Waals surface area contributed by atoms with Crippen molar-refractivity contribution in [2.24, 2.45) is 4.99 Å². The maximum atomic E-state index is 13.7. The summed E-state index contributed by atoms with van der Waals surface area (Å²) in [6.07, 6.45) is 0. The van der Waals surface area contributed by atoms with Crippen LogP contribution in [0.15, 0.2) is 27.7 Å². The van der Waals surface area contributed by atoms with Gasteiger partial charge >= 0.3 is 0 Å². The molecule has 2 aromatic rings. The summed E-state index contributed by atoms with van der Waals surface area (Å²) in [5.74, 6) is 0.393. The molecule has 0 aliphatic rings. The van der Waals surface area contributed by atoms with Gasteiger partial charge in [-0.05, 0) is 32.0 Å². The fourth-order valence-electron chi connectivity index (χ4n) is 1.98. The van der Waals surface area contributed by atoms with E-state index in [-0.39, 0.29) is 29.8 Å². The zero-order valence-electron chi connectivity index (χ0n) is 13.1. The quantitative estimate of drug-likeness (QED) is 0.367. The molecule has 0 fully saturated rings. The van der Waals surface area contributed by atoms with Crippen molar-refractivity contribution in [3.8, 4) is 0 Å². The molecule has 1 heterocycles. The number of rotatable bonds is 4. The van der Waals surface area contributed by atoms with E-state index in [1.165, 1.54) is 10.9 Å². The Bertz CT molecular complexity index is 690. The molecule has 0 atom stereocenters. The van der Waals surface area contributed by atoms with E-state index in [1.807, 2.05) is 13.8 Å². The number of nitrogens with zero attached hydrogens (tertiary/aromatic N) is 2. The first-order chi connectivity index (χ1) is 10.5. The third-order valence-electron chi connectivity index (χ3n) is 3.09. The van der Waals surface area contributed by atoms with Crippen molar-refractivity contribution in [2.75, 3.05) is 7.05 Å². The molecule has 8 heteroatoms. The lowest BCUT2D eigenvalue weighted by Crippen LogP contribution is -2.36. The van der Waals surface area contributed by atoms with E-state index in [4.69, 9.17) is 0 Å². The fourth-order valence-corrected chi connectivity index (χ4v) is 3.27. The summed E-state index contributed by atoms with van der Waals surface area (Å²) < 4.78 is 14.6. The van der Waals surface area contributed by atoms with E-state index >= 15 is 0 Å². The van der Waals surface area contributed by atoms with E-state index in [0.29, 0.717) is 24.6 Å². The van der Waals surface area contributed by atoms with Crippen molar-refractivity contribution in [1.82, 2.24) is 15.6 Å². The summed E-state index contributed by atoms with van der Waals surface area (Å²) in [5.41, 5.74) is 1.62. The highest BCUT2D eigenvalue weighted by Crippen LogP contribution is 2.17. The maximum Gasteiger partial charge on any atom is 0.191 e. The van der Waals surface area contributed by atoms with Crippen LogP contribution in [-0.2, 0) is 13.1 Å². The Balaban J connectivity index is 0.00000264. The van der Waals surface area contributed by atoms with Gasteiger partial charge in [-0.3, -0.25) is 4.99 Å². The second kappa shape index (κ2) is 9.53. The Labute approximate surface area is 165 Å². The predicted molar refractivity (Wildman–Crippen MR) is 108 cm³/mol. The first kappa shape index (κ1) is 20.3. The number of thiazole rings is 1. The third kappa shape index (κ3) is 6.00. The average molecular weight is 513 g/mol. The Hall–Kier alpha value is -0.740. The summed E-state index contributed by atoms with van der Waals surface area (Å²) in [7, 11) is 1.69. The summed E-state index contributed by atoms with van der Waals surface area (Å²) >= 11 is 5.01. The minimum absolute atomic E-state index is 0. The van der Waals surface area contributed by atoms with Gasteiger partial charge in [0.25, 0.3) is 0 Å². The minimum Gasteiger partial charge on any atom is -0.352 e. The van der Waals surface area contributed by atoms with Crippen LogP contribution < -0.4 is 10.6 Å². The molecule has 1 aromatic carbocycles. The van der Waals surface area contributed by atoms with Gasteiger partial charge < -0.3 is 10.6 Å². The van der Waals surface area contributed by atoms with Crippen molar-refractivity contribution in [1.29, 1.82) is 0 Å². The second-order valence-electron chi connectivity index (χ2n) is 4.76. The van der Waals surface area contributed by atoms with Gasteiger partial charge in [0, 0.05) is 28.5 Å². The van der Waals surface area contributed by atoms with Gasteiger partial charge in [0.05, 0.1) is 17.2 Å². The normalized spacial score (nSPS) is 11.1. The molecular formula is C15H19BrFIN4S. The molecule has 2 rings (SSSR count). The van der Waals surface area contributed by atoms with Gasteiger partial charge in [-0.2, -0.15) is 0 Å². The van der Waals surface area contributed by atoms with Crippen LogP contribution in [0.3, 0.4) is 0 Å². The average Bonchev–Trinajstić information content (AvgIpc) is 2.80. The third-order valence-corrected chi connectivity index (χ3v) is 4.66. The van der Waals surface area contributed by atoms with E-state index in [1.54, 1.807) is 30.5 Å². The number of halogens is 3. The van der Waals surface area contributed by atoms with Crippen molar-refractivity contribution < 1.29 is 4.39 Å². The Morgan fingerprint density at radius 3 is 2.61 bits per heavy atom. The molecule has 0 aliphatic heterocycles. The Morgan fingerprint density at radius 1 is 1.30 bits per heavy atom. The van der Waals surface area contributed by atoms with E-state index in [0.717, 1.165) is 15.2 Å². The van der Waals surface area contributed by atoms with Crippen LogP contribution >= 0.6 is 51.2 Å². The summed E-state index contributed by atoms with van der Waals surface area (Å²) in [6.45, 7) is 5.00. The van der Waals surface area contributed by atoms with Gasteiger partial charge in [0.2, 0.25) is 0 Å². The molecule has 0 radical (unpaired) electrons. The van der Waals surface area contributed by atoms with Gasteiger partial charge in [0.1, 0.15) is 5.82 Å². The topological polar surface area (TPSA) is 49.3 Å². The molecule has 0 saturated carbocycles. The smallest absolute Gasteiger partial charge is 0.191 e. The van der Waals surface area contributed by atoms with Crippen LogP contribution in [0.1, 0.15) is 21.1 Å². The molecule has 0 bridgehead atoms. The number of guanidine groups is 1. The van der Waals surface area contributed by atoms with Crippen LogP contribution in [0, 0.1) is 19.7 Å². The lowest BCUT2D eigenvalue weighted by molar-refractivity contribution is 0.604. The number of nitrogens with one attached hydrogen (secondary N) is 2. The number of hydrogen-bond donors (Lipinski definition) is 2. The zero-order valence-corrected chi connectivity index (χ0v) is 17.8. The number of aromatic nitrogens is 1. The lowest BCUT2D eigenvalue weighted by atomic mass is 10.2. The number of aliphatic imine (C=N–C) groups is 1. The standard InChI is InChI=1S/C15H18BrFN4S.HI/c1-9-14(22-10(2)21-9)8-20-15(18-3)19-7-11-6-12(16)4-5-13(11)17;/h4-6H,7-8H2,1-3H3,(H2,18,19,20);1H. The van der Waals surface area contributed by atoms with E-state index < -0.39 is 0 Å². The maximum absolute atomic E-state index is 13.7. The molecule has 2 N–H and O–H groups in total. The molecule has 0 saturated heterocycles. The molecular weight excluding hydrogens is 494 g/mol. The summed E-state index contributed by atoms with van der Waals surface area (Å²) in [5, 5.41) is 7.38. The van der Waals surface area contributed by atoms with Gasteiger partial charge in [-0.15, -0.1) is 35.3 Å².